The molecular formula is C14H19ClN2O2. The molecule has 0 saturated carbocycles. The molecule has 4 nitrogen and oxygen atoms in total. The first-order valence-corrected chi connectivity index (χ1v) is 6.86. The van der Waals surface area contributed by atoms with E-state index in [0.717, 1.165) is 39.4 Å². The van der Waals surface area contributed by atoms with Crippen LogP contribution in [0, 0.1) is 0 Å². The predicted molar refractivity (Wildman–Crippen MR) is 75.7 cm³/mol. The molecule has 0 aliphatic carbocycles. The lowest BCUT2D eigenvalue weighted by molar-refractivity contribution is 0.0338. The smallest absolute Gasteiger partial charge is 0.253 e. The number of likely N-dealkylation sites (N-methyl/N-ethyl adjacent to an activating group) is 1. The molecule has 2 rings (SSSR count). The molecule has 0 N–H and O–H groups in total. The fourth-order valence-corrected chi connectivity index (χ4v) is 2.16. The van der Waals surface area contributed by atoms with Crippen LogP contribution in [0.25, 0.3) is 0 Å². The van der Waals surface area contributed by atoms with Gasteiger partial charge in [-0.3, -0.25) is 9.69 Å². The maximum absolute atomic E-state index is 12.2. The summed E-state index contributed by atoms with van der Waals surface area (Å²) in [6.45, 7) is 5.08. The Labute approximate surface area is 118 Å². The number of carbonyl (C=O) groups excluding carboxylic acids is 1. The maximum atomic E-state index is 12.2. The van der Waals surface area contributed by atoms with Gasteiger partial charge in [0.25, 0.3) is 5.91 Å². The molecule has 1 heterocycles. The lowest BCUT2D eigenvalue weighted by Crippen LogP contribution is -2.41. The molecule has 1 aromatic carbocycles. The minimum Gasteiger partial charge on any atom is -0.379 e. The summed E-state index contributed by atoms with van der Waals surface area (Å²) in [6, 6.07) is 7.00. The largest absolute Gasteiger partial charge is 0.379 e. The topological polar surface area (TPSA) is 32.8 Å². The van der Waals surface area contributed by atoms with Crippen molar-refractivity contribution in [1.29, 1.82) is 0 Å². The fourth-order valence-electron chi connectivity index (χ4n) is 2.03. The summed E-state index contributed by atoms with van der Waals surface area (Å²) in [6.07, 6.45) is 0. The Morgan fingerprint density at radius 2 is 1.95 bits per heavy atom. The summed E-state index contributed by atoms with van der Waals surface area (Å²) in [4.78, 5) is 16.2. The fraction of sp³-hybridized carbons (Fsp3) is 0.500. The molecule has 0 radical (unpaired) electrons. The van der Waals surface area contributed by atoms with Gasteiger partial charge in [-0.1, -0.05) is 11.6 Å². The van der Waals surface area contributed by atoms with Crippen LogP contribution in [0.3, 0.4) is 0 Å². The average molecular weight is 283 g/mol. The third kappa shape index (κ3) is 4.20. The van der Waals surface area contributed by atoms with E-state index in [1.54, 1.807) is 29.2 Å². The molecule has 1 amide bonds. The number of rotatable bonds is 4. The molecule has 1 aliphatic heterocycles. The molecule has 0 unspecified atom stereocenters. The Morgan fingerprint density at radius 3 is 2.58 bits per heavy atom. The van der Waals surface area contributed by atoms with Gasteiger partial charge in [0.1, 0.15) is 0 Å². The quantitative estimate of drug-likeness (QED) is 0.843. The van der Waals surface area contributed by atoms with Crippen molar-refractivity contribution < 1.29 is 9.53 Å². The first kappa shape index (κ1) is 14.3. The number of hydrogen-bond acceptors (Lipinski definition) is 3. The van der Waals surface area contributed by atoms with Gasteiger partial charge in [0.2, 0.25) is 0 Å². The normalized spacial score (nSPS) is 16.3. The van der Waals surface area contributed by atoms with Crippen LogP contribution in [0.1, 0.15) is 10.4 Å². The van der Waals surface area contributed by atoms with Crippen LogP contribution in [0.5, 0.6) is 0 Å². The van der Waals surface area contributed by atoms with E-state index in [4.69, 9.17) is 16.3 Å². The number of morpholine rings is 1. The van der Waals surface area contributed by atoms with Crippen molar-refractivity contribution in [3.05, 3.63) is 34.9 Å². The summed E-state index contributed by atoms with van der Waals surface area (Å²) in [5.41, 5.74) is 0.675. The van der Waals surface area contributed by atoms with Crippen LogP contribution in [-0.4, -0.2) is 62.1 Å². The minimum atomic E-state index is 0.0323. The van der Waals surface area contributed by atoms with Crippen LogP contribution in [-0.2, 0) is 4.74 Å². The highest BCUT2D eigenvalue weighted by atomic mass is 35.5. The van der Waals surface area contributed by atoms with Crippen molar-refractivity contribution in [2.24, 2.45) is 0 Å². The number of amides is 1. The monoisotopic (exact) mass is 282 g/mol. The van der Waals surface area contributed by atoms with E-state index in [0.29, 0.717) is 10.6 Å². The van der Waals surface area contributed by atoms with Gasteiger partial charge in [0.15, 0.2) is 0 Å². The SMILES string of the molecule is CN(CCN1CCOCC1)C(=O)c1ccc(Cl)cc1. The molecule has 1 aliphatic rings. The zero-order chi connectivity index (χ0) is 13.7. The molecule has 1 fully saturated rings. The van der Waals surface area contributed by atoms with Crippen molar-refractivity contribution in [2.75, 3.05) is 46.4 Å². The van der Waals surface area contributed by atoms with E-state index in [2.05, 4.69) is 4.90 Å². The van der Waals surface area contributed by atoms with E-state index >= 15 is 0 Å². The van der Waals surface area contributed by atoms with Crippen LogP contribution < -0.4 is 0 Å². The van der Waals surface area contributed by atoms with Gasteiger partial charge in [-0.05, 0) is 24.3 Å². The van der Waals surface area contributed by atoms with E-state index in [9.17, 15) is 4.79 Å². The molecular weight excluding hydrogens is 264 g/mol. The standard InChI is InChI=1S/C14H19ClN2O2/c1-16(6-7-17-8-10-19-11-9-17)14(18)12-2-4-13(15)5-3-12/h2-5H,6-11H2,1H3. The van der Waals surface area contributed by atoms with Gasteiger partial charge in [-0.25, -0.2) is 0 Å². The maximum Gasteiger partial charge on any atom is 0.253 e. The van der Waals surface area contributed by atoms with Crippen LogP contribution in [0.2, 0.25) is 5.02 Å². The average Bonchev–Trinajstić information content (AvgIpc) is 2.46. The summed E-state index contributed by atoms with van der Waals surface area (Å²) in [5.74, 6) is 0.0323. The number of carbonyl (C=O) groups is 1. The second-order valence-electron chi connectivity index (χ2n) is 4.69. The lowest BCUT2D eigenvalue weighted by atomic mass is 10.2. The highest BCUT2D eigenvalue weighted by Crippen LogP contribution is 2.11. The van der Waals surface area contributed by atoms with Crippen molar-refractivity contribution in [3.63, 3.8) is 0 Å². The first-order valence-electron chi connectivity index (χ1n) is 6.48. The van der Waals surface area contributed by atoms with Crippen molar-refractivity contribution in [3.8, 4) is 0 Å². The van der Waals surface area contributed by atoms with Gasteiger partial charge in [0.05, 0.1) is 13.2 Å². The van der Waals surface area contributed by atoms with Gasteiger partial charge >= 0.3 is 0 Å². The molecule has 5 heteroatoms. The Kier molecular flexibility index (Phi) is 5.19. The number of benzene rings is 1. The zero-order valence-corrected chi connectivity index (χ0v) is 11.9. The molecule has 1 saturated heterocycles. The van der Waals surface area contributed by atoms with E-state index in [-0.39, 0.29) is 5.91 Å². The summed E-state index contributed by atoms with van der Waals surface area (Å²) in [5, 5.41) is 0.646. The van der Waals surface area contributed by atoms with Crippen LogP contribution in [0.4, 0.5) is 0 Å². The Hall–Kier alpha value is -1.10. The van der Waals surface area contributed by atoms with E-state index in [1.807, 2.05) is 7.05 Å². The van der Waals surface area contributed by atoms with Crippen molar-refractivity contribution in [1.82, 2.24) is 9.80 Å². The van der Waals surface area contributed by atoms with E-state index < -0.39 is 0 Å². The predicted octanol–water partition coefficient (Wildman–Crippen LogP) is 1.74. The van der Waals surface area contributed by atoms with Gasteiger partial charge < -0.3 is 9.64 Å². The second kappa shape index (κ2) is 6.89. The minimum absolute atomic E-state index is 0.0323. The highest BCUT2D eigenvalue weighted by Gasteiger charge is 2.14. The Balaban J connectivity index is 1.83. The molecule has 0 bridgehead atoms. The summed E-state index contributed by atoms with van der Waals surface area (Å²) >= 11 is 5.82. The number of halogens is 1. The molecule has 0 spiro atoms. The number of nitrogens with zero attached hydrogens (tertiary/aromatic N) is 2. The Morgan fingerprint density at radius 1 is 1.32 bits per heavy atom. The van der Waals surface area contributed by atoms with E-state index in [1.165, 1.54) is 0 Å². The van der Waals surface area contributed by atoms with Crippen LogP contribution >= 0.6 is 11.6 Å². The zero-order valence-electron chi connectivity index (χ0n) is 11.1. The molecule has 0 aromatic heterocycles. The molecule has 104 valence electrons. The van der Waals surface area contributed by atoms with Crippen molar-refractivity contribution in [2.45, 2.75) is 0 Å². The lowest BCUT2D eigenvalue weighted by Gasteiger charge is -2.28. The van der Waals surface area contributed by atoms with Gasteiger partial charge in [-0.2, -0.15) is 0 Å². The molecule has 0 atom stereocenters. The highest BCUT2D eigenvalue weighted by molar-refractivity contribution is 6.30. The van der Waals surface area contributed by atoms with Gasteiger partial charge in [0, 0.05) is 43.8 Å². The third-order valence-electron chi connectivity index (χ3n) is 3.29. The first-order chi connectivity index (χ1) is 9.16. The summed E-state index contributed by atoms with van der Waals surface area (Å²) in [7, 11) is 1.83. The molecule has 19 heavy (non-hydrogen) atoms. The summed E-state index contributed by atoms with van der Waals surface area (Å²) < 4.78 is 5.30. The second-order valence-corrected chi connectivity index (χ2v) is 5.12. The van der Waals surface area contributed by atoms with Gasteiger partial charge in [-0.15, -0.1) is 0 Å². The molecule has 1 aromatic rings. The number of hydrogen-bond donors (Lipinski definition) is 0. The Bertz CT molecular complexity index is 416. The third-order valence-corrected chi connectivity index (χ3v) is 3.55. The number of ether oxygens (including phenoxy) is 1. The van der Waals surface area contributed by atoms with Crippen LogP contribution in [0.15, 0.2) is 24.3 Å². The van der Waals surface area contributed by atoms with Crippen molar-refractivity contribution >= 4 is 17.5 Å².